The Balaban J connectivity index is 1.45. The molecular weight excluding hydrogens is 402 g/mol. The highest BCUT2D eigenvalue weighted by Gasteiger charge is 2.30. The maximum atomic E-state index is 12.6. The minimum absolute atomic E-state index is 0.0712. The third-order valence-electron chi connectivity index (χ3n) is 6.03. The molecule has 5 nitrogen and oxygen atoms in total. The van der Waals surface area contributed by atoms with Gasteiger partial charge in [0.2, 0.25) is 0 Å². The second kappa shape index (κ2) is 9.27. The number of carboxylic acids is 1. The number of alkyl carbamates (subject to hydrolysis) is 1. The van der Waals surface area contributed by atoms with Crippen LogP contribution in [0.1, 0.15) is 47.9 Å². The van der Waals surface area contributed by atoms with Gasteiger partial charge in [0.1, 0.15) is 12.6 Å². The van der Waals surface area contributed by atoms with E-state index >= 15 is 0 Å². The number of hydrogen-bond acceptors (Lipinski definition) is 3. The van der Waals surface area contributed by atoms with Crippen molar-refractivity contribution >= 4 is 12.1 Å². The summed E-state index contributed by atoms with van der Waals surface area (Å²) in [7, 11) is 0. The molecule has 0 saturated carbocycles. The van der Waals surface area contributed by atoms with Gasteiger partial charge in [-0.3, -0.25) is 0 Å². The van der Waals surface area contributed by atoms with Gasteiger partial charge in [-0.2, -0.15) is 0 Å². The van der Waals surface area contributed by atoms with Crippen LogP contribution in [0.2, 0.25) is 0 Å². The average Bonchev–Trinajstić information content (AvgIpc) is 3.11. The van der Waals surface area contributed by atoms with Gasteiger partial charge in [-0.15, -0.1) is 0 Å². The van der Waals surface area contributed by atoms with Gasteiger partial charge in [0.25, 0.3) is 0 Å². The molecule has 1 aliphatic rings. The molecule has 0 radical (unpaired) electrons. The first kappa shape index (κ1) is 21.6. The maximum absolute atomic E-state index is 12.6. The van der Waals surface area contributed by atoms with Crippen LogP contribution in [0.3, 0.4) is 0 Å². The Hall–Kier alpha value is -3.60. The van der Waals surface area contributed by atoms with E-state index in [0.29, 0.717) is 0 Å². The number of hydrogen-bond donors (Lipinski definition) is 2. The molecular formula is C27H27NO4. The number of nitrogens with one attached hydrogen (secondary N) is 1. The summed E-state index contributed by atoms with van der Waals surface area (Å²) in [5, 5.41) is 12.2. The van der Waals surface area contributed by atoms with Gasteiger partial charge in [-0.1, -0.05) is 86.6 Å². The van der Waals surface area contributed by atoms with Crippen molar-refractivity contribution < 1.29 is 19.4 Å². The summed E-state index contributed by atoms with van der Waals surface area (Å²) >= 11 is 0. The van der Waals surface area contributed by atoms with Gasteiger partial charge in [0.15, 0.2) is 0 Å². The summed E-state index contributed by atoms with van der Waals surface area (Å²) in [4.78, 5) is 24.4. The van der Waals surface area contributed by atoms with Gasteiger partial charge in [0, 0.05) is 12.3 Å². The second-order valence-corrected chi connectivity index (χ2v) is 8.42. The zero-order chi connectivity index (χ0) is 22.7. The Kier molecular flexibility index (Phi) is 6.26. The molecule has 3 aromatic rings. The summed E-state index contributed by atoms with van der Waals surface area (Å²) < 4.78 is 5.52. The molecule has 0 spiro atoms. The number of rotatable bonds is 7. The molecule has 164 valence electrons. The molecule has 2 N–H and O–H groups in total. The Morgan fingerprint density at radius 3 is 2.06 bits per heavy atom. The molecule has 3 aromatic carbocycles. The van der Waals surface area contributed by atoms with Crippen molar-refractivity contribution in [2.24, 2.45) is 0 Å². The molecule has 0 saturated heterocycles. The molecule has 0 heterocycles. The van der Waals surface area contributed by atoms with E-state index in [2.05, 4.69) is 31.3 Å². The van der Waals surface area contributed by atoms with Gasteiger partial charge in [-0.05, 0) is 39.3 Å². The van der Waals surface area contributed by atoms with E-state index < -0.39 is 18.1 Å². The van der Waals surface area contributed by atoms with Gasteiger partial charge in [-0.25, -0.2) is 9.59 Å². The van der Waals surface area contributed by atoms with Crippen LogP contribution in [0, 0.1) is 0 Å². The van der Waals surface area contributed by atoms with Crippen molar-refractivity contribution in [1.29, 1.82) is 0 Å². The lowest BCUT2D eigenvalue weighted by atomic mass is 9.93. The Morgan fingerprint density at radius 1 is 0.906 bits per heavy atom. The molecule has 1 unspecified atom stereocenters. The molecule has 1 atom stereocenters. The number of aliphatic carboxylic acids is 1. The predicted molar refractivity (Wildman–Crippen MR) is 124 cm³/mol. The average molecular weight is 430 g/mol. The molecule has 1 aliphatic carbocycles. The quantitative estimate of drug-likeness (QED) is 0.531. The topological polar surface area (TPSA) is 75.6 Å². The Bertz CT molecular complexity index is 1090. The first-order valence-corrected chi connectivity index (χ1v) is 10.9. The first-order chi connectivity index (χ1) is 15.5. The van der Waals surface area contributed by atoms with Crippen molar-refractivity contribution in [1.82, 2.24) is 5.32 Å². The Labute approximate surface area is 188 Å². The van der Waals surface area contributed by atoms with Crippen LogP contribution < -0.4 is 5.32 Å². The fourth-order valence-corrected chi connectivity index (χ4v) is 4.49. The SMILES string of the molecule is CC(C)c1ccccc1CC(NC(=O)OCC1c2ccccc2-c2ccccc21)C(=O)O. The summed E-state index contributed by atoms with van der Waals surface area (Å²) in [5.74, 6) is -0.898. The third-order valence-corrected chi connectivity index (χ3v) is 6.03. The number of amides is 1. The van der Waals surface area contributed by atoms with E-state index in [1.807, 2.05) is 60.7 Å². The summed E-state index contributed by atoms with van der Waals surface area (Å²) in [5.41, 5.74) is 6.50. The van der Waals surface area contributed by atoms with E-state index in [4.69, 9.17) is 4.74 Å². The van der Waals surface area contributed by atoms with Crippen LogP contribution in [-0.2, 0) is 16.0 Å². The standard InChI is InChI=1S/C27H27NO4/c1-17(2)19-10-4-3-9-18(19)15-25(26(29)30)28-27(31)32-16-24-22-13-7-5-11-20(22)21-12-6-8-14-23(21)24/h3-14,17,24-25H,15-16H2,1-2H3,(H,28,31)(H,29,30). The summed E-state index contributed by atoms with van der Waals surface area (Å²) in [6, 6.07) is 22.8. The number of carbonyl (C=O) groups excluding carboxylic acids is 1. The molecule has 4 rings (SSSR count). The van der Waals surface area contributed by atoms with Gasteiger partial charge < -0.3 is 15.2 Å². The lowest BCUT2D eigenvalue weighted by Gasteiger charge is -2.19. The molecule has 0 fully saturated rings. The van der Waals surface area contributed by atoms with E-state index in [0.717, 1.165) is 33.4 Å². The van der Waals surface area contributed by atoms with E-state index in [1.54, 1.807) is 0 Å². The van der Waals surface area contributed by atoms with Gasteiger partial charge >= 0.3 is 12.1 Å². The van der Waals surface area contributed by atoms with Crippen molar-refractivity contribution in [2.75, 3.05) is 6.61 Å². The van der Waals surface area contributed by atoms with Crippen LogP contribution >= 0.6 is 0 Å². The predicted octanol–water partition coefficient (Wildman–Crippen LogP) is 5.34. The highest BCUT2D eigenvalue weighted by atomic mass is 16.5. The Morgan fingerprint density at radius 2 is 1.47 bits per heavy atom. The van der Waals surface area contributed by atoms with E-state index in [9.17, 15) is 14.7 Å². The highest BCUT2D eigenvalue weighted by molar-refractivity contribution is 5.81. The molecule has 0 aromatic heterocycles. The molecule has 0 bridgehead atoms. The van der Waals surface area contributed by atoms with Gasteiger partial charge in [0.05, 0.1) is 0 Å². The first-order valence-electron chi connectivity index (χ1n) is 10.9. The van der Waals surface area contributed by atoms with Crippen molar-refractivity contribution in [3.05, 3.63) is 95.1 Å². The number of ether oxygens (including phenoxy) is 1. The summed E-state index contributed by atoms with van der Waals surface area (Å²) in [6.07, 6.45) is -0.519. The fourth-order valence-electron chi connectivity index (χ4n) is 4.49. The maximum Gasteiger partial charge on any atom is 0.407 e. The third kappa shape index (κ3) is 4.37. The zero-order valence-corrected chi connectivity index (χ0v) is 18.2. The normalized spacial score (nSPS) is 13.3. The van der Waals surface area contributed by atoms with Crippen LogP contribution in [0.15, 0.2) is 72.8 Å². The van der Waals surface area contributed by atoms with Crippen molar-refractivity contribution in [3.63, 3.8) is 0 Å². The lowest BCUT2D eigenvalue weighted by Crippen LogP contribution is -2.43. The van der Waals surface area contributed by atoms with E-state index in [1.165, 1.54) is 0 Å². The molecule has 5 heteroatoms. The van der Waals surface area contributed by atoms with Crippen molar-refractivity contribution in [3.8, 4) is 11.1 Å². The molecule has 0 aliphatic heterocycles. The zero-order valence-electron chi connectivity index (χ0n) is 18.2. The second-order valence-electron chi connectivity index (χ2n) is 8.42. The molecule has 32 heavy (non-hydrogen) atoms. The van der Waals surface area contributed by atoms with Crippen molar-refractivity contribution in [2.45, 2.75) is 38.1 Å². The summed E-state index contributed by atoms with van der Waals surface area (Å²) in [6.45, 7) is 4.27. The number of carboxylic acid groups (broad SMARTS) is 1. The molecule has 1 amide bonds. The number of fused-ring (bicyclic) bond motifs is 3. The minimum Gasteiger partial charge on any atom is -0.480 e. The largest absolute Gasteiger partial charge is 0.480 e. The monoisotopic (exact) mass is 429 g/mol. The fraction of sp³-hybridized carbons (Fsp3) is 0.259. The number of carbonyl (C=O) groups is 2. The number of benzene rings is 3. The highest BCUT2D eigenvalue weighted by Crippen LogP contribution is 2.44. The minimum atomic E-state index is -1.09. The lowest BCUT2D eigenvalue weighted by molar-refractivity contribution is -0.139. The van der Waals surface area contributed by atoms with Crippen LogP contribution in [-0.4, -0.2) is 29.8 Å². The van der Waals surface area contributed by atoms with Crippen LogP contribution in [0.4, 0.5) is 4.79 Å². The smallest absolute Gasteiger partial charge is 0.407 e. The van der Waals surface area contributed by atoms with Crippen LogP contribution in [0.5, 0.6) is 0 Å². The van der Waals surface area contributed by atoms with Crippen LogP contribution in [0.25, 0.3) is 11.1 Å². The van der Waals surface area contributed by atoms with E-state index in [-0.39, 0.29) is 24.9 Å².